The first kappa shape index (κ1) is 15.9. The molecule has 21 heavy (non-hydrogen) atoms. The van der Waals surface area contributed by atoms with Crippen LogP contribution in [0.1, 0.15) is 23.2 Å². The Labute approximate surface area is 132 Å². The normalized spacial score (nSPS) is 13.7. The van der Waals surface area contributed by atoms with Gasteiger partial charge in [0.05, 0.1) is 17.2 Å². The molecule has 0 aliphatic heterocycles. The molecule has 1 saturated carbocycles. The molecule has 0 saturated heterocycles. The first-order chi connectivity index (χ1) is 10.0. The number of carbonyl (C=O) groups is 2. The minimum atomic E-state index is -0.389. The Balaban J connectivity index is 1.90. The van der Waals surface area contributed by atoms with Crippen molar-refractivity contribution in [2.75, 3.05) is 20.2 Å². The smallest absolute Gasteiger partial charge is 0.256 e. The number of rotatable bonds is 6. The number of hydrogen-bond acceptors (Lipinski definition) is 3. The highest BCUT2D eigenvalue weighted by Crippen LogP contribution is 2.33. The van der Waals surface area contributed by atoms with Gasteiger partial charge in [-0.1, -0.05) is 23.2 Å². The molecular weight excluding hydrogens is 315 g/mol. The third kappa shape index (κ3) is 4.02. The molecule has 1 fully saturated rings. The molecular formula is C14H16Cl2N2O3. The van der Waals surface area contributed by atoms with Crippen molar-refractivity contribution >= 4 is 35.0 Å². The van der Waals surface area contributed by atoms with Crippen molar-refractivity contribution in [3.63, 3.8) is 0 Å². The van der Waals surface area contributed by atoms with E-state index in [2.05, 4.69) is 10.6 Å². The molecule has 0 aromatic heterocycles. The average molecular weight is 331 g/mol. The monoisotopic (exact) mass is 330 g/mol. The van der Waals surface area contributed by atoms with E-state index in [1.54, 1.807) is 6.07 Å². The van der Waals surface area contributed by atoms with Crippen LogP contribution in [0.15, 0.2) is 12.1 Å². The zero-order valence-electron chi connectivity index (χ0n) is 11.5. The predicted molar refractivity (Wildman–Crippen MR) is 81.1 cm³/mol. The molecule has 0 atom stereocenters. The molecule has 1 aliphatic rings. The largest absolute Gasteiger partial charge is 0.494 e. The first-order valence-corrected chi connectivity index (χ1v) is 7.38. The Morgan fingerprint density at radius 3 is 2.43 bits per heavy atom. The lowest BCUT2D eigenvalue weighted by molar-refractivity contribution is -0.122. The summed E-state index contributed by atoms with van der Waals surface area (Å²) >= 11 is 12.0. The highest BCUT2D eigenvalue weighted by Gasteiger charge is 2.29. The fourth-order valence-electron chi connectivity index (χ4n) is 1.88. The number of benzene rings is 1. The predicted octanol–water partition coefficient (Wildman–Crippen LogP) is 2.26. The van der Waals surface area contributed by atoms with Crippen LogP contribution >= 0.6 is 23.2 Å². The van der Waals surface area contributed by atoms with Gasteiger partial charge in [-0.3, -0.25) is 9.59 Å². The van der Waals surface area contributed by atoms with E-state index >= 15 is 0 Å². The number of carbonyl (C=O) groups excluding carboxylic acids is 2. The highest BCUT2D eigenvalue weighted by molar-refractivity contribution is 6.37. The minimum absolute atomic E-state index is 0.0441. The molecule has 114 valence electrons. The molecule has 2 N–H and O–H groups in total. The quantitative estimate of drug-likeness (QED) is 0.786. The summed E-state index contributed by atoms with van der Waals surface area (Å²) in [6.07, 6.45) is 1.90. The van der Waals surface area contributed by atoms with Crippen LogP contribution in [0.3, 0.4) is 0 Å². The molecule has 1 aromatic carbocycles. The summed E-state index contributed by atoms with van der Waals surface area (Å²) in [5, 5.41) is 6.02. The van der Waals surface area contributed by atoms with E-state index in [1.165, 1.54) is 13.2 Å². The Hall–Kier alpha value is -1.46. The van der Waals surface area contributed by atoms with Gasteiger partial charge < -0.3 is 15.4 Å². The average Bonchev–Trinajstić information content (AvgIpc) is 3.29. The lowest BCUT2D eigenvalue weighted by atomic mass is 10.2. The van der Waals surface area contributed by atoms with Gasteiger partial charge in [0.2, 0.25) is 5.91 Å². The maximum absolute atomic E-state index is 12.1. The van der Waals surface area contributed by atoms with Gasteiger partial charge >= 0.3 is 0 Å². The number of hydrogen-bond donors (Lipinski definition) is 2. The van der Waals surface area contributed by atoms with E-state index in [1.807, 2.05) is 0 Å². The van der Waals surface area contributed by atoms with Gasteiger partial charge in [-0.2, -0.15) is 0 Å². The van der Waals surface area contributed by atoms with E-state index in [4.69, 9.17) is 27.9 Å². The van der Waals surface area contributed by atoms with Crippen LogP contribution < -0.4 is 15.4 Å². The van der Waals surface area contributed by atoms with Gasteiger partial charge in [0.15, 0.2) is 5.75 Å². The summed E-state index contributed by atoms with van der Waals surface area (Å²) in [4.78, 5) is 23.6. The van der Waals surface area contributed by atoms with Crippen LogP contribution in [0.25, 0.3) is 0 Å². The number of halogens is 2. The number of nitrogens with one attached hydrogen (secondary N) is 2. The van der Waals surface area contributed by atoms with E-state index in [0.717, 1.165) is 12.8 Å². The molecule has 1 aromatic rings. The van der Waals surface area contributed by atoms with Crippen LogP contribution in [-0.4, -0.2) is 32.0 Å². The Bertz CT molecular complexity index is 559. The lowest BCUT2D eigenvalue weighted by Gasteiger charge is -2.12. The third-order valence-corrected chi connectivity index (χ3v) is 3.76. The number of methoxy groups -OCH3 is 1. The maximum atomic E-state index is 12.1. The zero-order chi connectivity index (χ0) is 15.4. The van der Waals surface area contributed by atoms with Crippen LogP contribution in [0, 0.1) is 5.92 Å². The van der Waals surface area contributed by atoms with Gasteiger partial charge in [-0.25, -0.2) is 0 Å². The van der Waals surface area contributed by atoms with Gasteiger partial charge in [0, 0.05) is 19.0 Å². The number of ether oxygens (including phenoxy) is 1. The summed E-state index contributed by atoms with van der Waals surface area (Å²) in [6.45, 7) is 0.685. The Kier molecular flexibility index (Phi) is 5.31. The van der Waals surface area contributed by atoms with Crippen molar-refractivity contribution in [3.8, 4) is 5.75 Å². The summed E-state index contributed by atoms with van der Waals surface area (Å²) in [5.74, 6) is 0.0505. The molecule has 2 rings (SSSR count). The van der Waals surface area contributed by atoms with Crippen LogP contribution in [0.5, 0.6) is 5.75 Å². The van der Waals surface area contributed by atoms with Crippen LogP contribution in [0.2, 0.25) is 10.0 Å². The molecule has 0 radical (unpaired) electrons. The van der Waals surface area contributed by atoms with Gasteiger partial charge in [0.1, 0.15) is 5.56 Å². The highest BCUT2D eigenvalue weighted by atomic mass is 35.5. The summed E-state index contributed by atoms with van der Waals surface area (Å²) in [7, 11) is 1.42. The summed E-state index contributed by atoms with van der Waals surface area (Å²) in [6, 6.07) is 3.10. The fraction of sp³-hybridized carbons (Fsp3) is 0.429. The third-order valence-electron chi connectivity index (χ3n) is 3.15. The van der Waals surface area contributed by atoms with Gasteiger partial charge in [-0.15, -0.1) is 0 Å². The topological polar surface area (TPSA) is 67.4 Å². The SMILES string of the molecule is COc1c(Cl)ccc(Cl)c1C(=O)NCCNC(=O)C1CC1. The Morgan fingerprint density at radius 1 is 1.19 bits per heavy atom. The fourth-order valence-corrected chi connectivity index (χ4v) is 2.35. The van der Waals surface area contributed by atoms with Crippen molar-refractivity contribution in [1.82, 2.24) is 10.6 Å². The molecule has 0 spiro atoms. The molecule has 0 bridgehead atoms. The second kappa shape index (κ2) is 7.00. The first-order valence-electron chi connectivity index (χ1n) is 6.62. The van der Waals surface area contributed by atoms with E-state index in [9.17, 15) is 9.59 Å². The standard InChI is InChI=1S/C14H16Cl2N2O3/c1-21-12-10(16)5-4-9(15)11(12)14(20)18-7-6-17-13(19)8-2-3-8/h4-5,8H,2-3,6-7H2,1H3,(H,17,19)(H,18,20). The second-order valence-corrected chi connectivity index (χ2v) is 5.57. The van der Waals surface area contributed by atoms with Gasteiger partial charge in [-0.05, 0) is 25.0 Å². The van der Waals surface area contributed by atoms with Gasteiger partial charge in [0.25, 0.3) is 5.91 Å². The van der Waals surface area contributed by atoms with Crippen molar-refractivity contribution < 1.29 is 14.3 Å². The van der Waals surface area contributed by atoms with E-state index in [0.29, 0.717) is 18.1 Å². The molecule has 0 unspecified atom stereocenters. The summed E-state index contributed by atoms with van der Waals surface area (Å²) in [5.41, 5.74) is 0.195. The van der Waals surface area contributed by atoms with Crippen molar-refractivity contribution in [2.24, 2.45) is 5.92 Å². The molecule has 1 aliphatic carbocycles. The Morgan fingerprint density at radius 2 is 1.81 bits per heavy atom. The van der Waals surface area contributed by atoms with Crippen molar-refractivity contribution in [1.29, 1.82) is 0 Å². The van der Waals surface area contributed by atoms with Crippen LogP contribution in [0.4, 0.5) is 0 Å². The van der Waals surface area contributed by atoms with Crippen molar-refractivity contribution in [3.05, 3.63) is 27.7 Å². The minimum Gasteiger partial charge on any atom is -0.494 e. The zero-order valence-corrected chi connectivity index (χ0v) is 13.1. The van der Waals surface area contributed by atoms with E-state index in [-0.39, 0.29) is 34.1 Å². The molecule has 0 heterocycles. The molecule has 5 nitrogen and oxygen atoms in total. The van der Waals surface area contributed by atoms with E-state index < -0.39 is 0 Å². The van der Waals surface area contributed by atoms with Crippen molar-refractivity contribution in [2.45, 2.75) is 12.8 Å². The second-order valence-electron chi connectivity index (χ2n) is 4.76. The van der Waals surface area contributed by atoms with Crippen LogP contribution in [-0.2, 0) is 4.79 Å². The molecule has 7 heteroatoms. The lowest BCUT2D eigenvalue weighted by Crippen LogP contribution is -2.35. The summed E-state index contributed by atoms with van der Waals surface area (Å²) < 4.78 is 5.12. The number of amides is 2. The maximum Gasteiger partial charge on any atom is 0.256 e. The molecule has 2 amide bonds.